The van der Waals surface area contributed by atoms with Crippen LogP contribution < -0.4 is 22.2 Å². The predicted molar refractivity (Wildman–Crippen MR) is 150 cm³/mol. The van der Waals surface area contributed by atoms with E-state index in [1.165, 1.54) is 18.3 Å². The Bertz CT molecular complexity index is 1500. The van der Waals surface area contributed by atoms with Crippen LogP contribution in [0.25, 0.3) is 10.9 Å². The van der Waals surface area contributed by atoms with Gasteiger partial charge in [0.05, 0.1) is 33.5 Å². The fourth-order valence-corrected chi connectivity index (χ4v) is 4.86. The first-order valence-electron chi connectivity index (χ1n) is 12.2. The maximum Gasteiger partial charge on any atom is 0.123 e. The third-order valence-corrected chi connectivity index (χ3v) is 7.07. The van der Waals surface area contributed by atoms with Gasteiger partial charge in [0.2, 0.25) is 0 Å². The van der Waals surface area contributed by atoms with Gasteiger partial charge >= 0.3 is 0 Å². The molecule has 3 aromatic rings. The van der Waals surface area contributed by atoms with Gasteiger partial charge in [-0.2, -0.15) is 5.26 Å². The van der Waals surface area contributed by atoms with Crippen LogP contribution in [0, 0.1) is 17.1 Å². The molecule has 1 fully saturated rings. The lowest BCUT2D eigenvalue weighted by atomic mass is 10.0. The molecule has 6 N–H and O–H groups in total. The molecular formula is C28H26Cl2FN7. The zero-order valence-corrected chi connectivity index (χ0v) is 21.9. The monoisotopic (exact) mass is 549 g/mol. The number of halogens is 3. The summed E-state index contributed by atoms with van der Waals surface area (Å²) in [4.78, 5) is 4.43. The lowest BCUT2D eigenvalue weighted by molar-refractivity contribution is 0.378. The van der Waals surface area contributed by atoms with Gasteiger partial charge in [0.15, 0.2) is 0 Å². The van der Waals surface area contributed by atoms with Crippen LogP contribution in [0.3, 0.4) is 0 Å². The Morgan fingerprint density at radius 1 is 1.24 bits per heavy atom. The van der Waals surface area contributed by atoms with Crippen LogP contribution in [0.2, 0.25) is 5.02 Å². The van der Waals surface area contributed by atoms with Gasteiger partial charge in [-0.05, 0) is 61.6 Å². The van der Waals surface area contributed by atoms with E-state index in [1.807, 2.05) is 18.2 Å². The highest BCUT2D eigenvalue weighted by Gasteiger charge is 2.26. The highest BCUT2D eigenvalue weighted by Crippen LogP contribution is 2.36. The van der Waals surface area contributed by atoms with Crippen molar-refractivity contribution >= 4 is 45.5 Å². The van der Waals surface area contributed by atoms with Gasteiger partial charge in [-0.25, -0.2) is 10.2 Å². The lowest BCUT2D eigenvalue weighted by Gasteiger charge is -2.24. The van der Waals surface area contributed by atoms with Crippen molar-refractivity contribution in [1.29, 1.82) is 5.26 Å². The number of anilines is 2. The largest absolute Gasteiger partial charge is 0.399 e. The molecule has 2 aliphatic carbocycles. The van der Waals surface area contributed by atoms with E-state index in [1.54, 1.807) is 29.4 Å². The number of nitrogens with one attached hydrogen (secondary N) is 2. The summed E-state index contributed by atoms with van der Waals surface area (Å²) in [5, 5.41) is 20.0. The maximum absolute atomic E-state index is 13.7. The minimum Gasteiger partial charge on any atom is -0.399 e. The highest BCUT2D eigenvalue weighted by atomic mass is 35.5. The zero-order valence-electron chi connectivity index (χ0n) is 20.4. The first kappa shape index (κ1) is 25.9. The summed E-state index contributed by atoms with van der Waals surface area (Å²) in [5.41, 5.74) is 10.6. The van der Waals surface area contributed by atoms with Crippen molar-refractivity contribution in [1.82, 2.24) is 9.99 Å². The molecule has 0 saturated heterocycles. The van der Waals surface area contributed by atoms with Gasteiger partial charge in [-0.3, -0.25) is 4.98 Å². The van der Waals surface area contributed by atoms with Gasteiger partial charge in [-0.1, -0.05) is 41.4 Å². The number of hydrogen-bond acceptors (Lipinski definition) is 7. The summed E-state index contributed by atoms with van der Waals surface area (Å²) in [6.45, 7) is 0. The third-order valence-electron chi connectivity index (χ3n) is 6.49. The highest BCUT2D eigenvalue weighted by molar-refractivity contribution is 6.36. The van der Waals surface area contributed by atoms with E-state index in [0.29, 0.717) is 38.6 Å². The van der Waals surface area contributed by atoms with E-state index >= 15 is 0 Å². The molecule has 38 heavy (non-hydrogen) atoms. The van der Waals surface area contributed by atoms with Crippen molar-refractivity contribution in [3.05, 3.63) is 99.3 Å². The number of hydrazine groups is 1. The quantitative estimate of drug-likeness (QED) is 0.189. The molecule has 1 unspecified atom stereocenters. The number of allylic oxidation sites excluding steroid dienone is 3. The van der Waals surface area contributed by atoms with Crippen LogP contribution >= 0.6 is 23.2 Å². The molecular weight excluding hydrogens is 524 g/mol. The van der Waals surface area contributed by atoms with E-state index in [0.717, 1.165) is 42.0 Å². The summed E-state index contributed by atoms with van der Waals surface area (Å²) in [6.07, 6.45) is 10.7. The number of benzene rings is 2. The number of aromatic nitrogens is 1. The second-order valence-corrected chi connectivity index (χ2v) is 10.3. The van der Waals surface area contributed by atoms with E-state index in [4.69, 9.17) is 34.8 Å². The van der Waals surface area contributed by atoms with Gasteiger partial charge in [-0.15, -0.1) is 0 Å². The second-order valence-electron chi connectivity index (χ2n) is 9.36. The zero-order chi connectivity index (χ0) is 26.8. The SMILES string of the molecule is N#Cc1cnc2c(Cl)cc(NC(/C(N)=C/N(N)C3CC3)c3ccc(F)cc3)cc2c1NC1=CCCC(Cl)=C1. The molecule has 0 spiro atoms. The molecule has 1 heterocycles. The molecule has 0 aliphatic heterocycles. The van der Waals surface area contributed by atoms with Gasteiger partial charge in [0.1, 0.15) is 11.9 Å². The van der Waals surface area contributed by atoms with E-state index < -0.39 is 6.04 Å². The number of nitriles is 1. The normalized spacial score (nSPS) is 16.3. The van der Waals surface area contributed by atoms with Crippen LogP contribution in [-0.4, -0.2) is 16.0 Å². The molecule has 2 aliphatic rings. The summed E-state index contributed by atoms with van der Waals surface area (Å²) in [5.74, 6) is 5.82. The number of fused-ring (bicyclic) bond motifs is 1. The molecule has 2 aromatic carbocycles. The molecule has 7 nitrogen and oxygen atoms in total. The topological polar surface area (TPSA) is 116 Å². The van der Waals surface area contributed by atoms with Crippen molar-refractivity contribution < 1.29 is 4.39 Å². The third kappa shape index (κ3) is 5.70. The Morgan fingerprint density at radius 2 is 2.00 bits per heavy atom. The first-order chi connectivity index (χ1) is 18.3. The summed E-state index contributed by atoms with van der Waals surface area (Å²) in [7, 11) is 0. The van der Waals surface area contributed by atoms with E-state index in [2.05, 4.69) is 21.7 Å². The Balaban J connectivity index is 1.57. The lowest BCUT2D eigenvalue weighted by Crippen LogP contribution is -2.30. The Morgan fingerprint density at radius 3 is 2.68 bits per heavy atom. The fourth-order valence-electron chi connectivity index (χ4n) is 4.36. The Labute approximate surface area is 230 Å². The molecule has 0 bridgehead atoms. The Kier molecular flexibility index (Phi) is 7.43. The Hall–Kier alpha value is -3.77. The standard InChI is InChI=1S/C28H26Cl2FN7/c29-18-2-1-3-20(10-18)36-26-17(13-32)14-35-28-23(26)11-21(12-24(28)30)37-27(16-4-6-19(31)7-5-16)25(33)15-38(34)22-8-9-22/h3-7,10-12,14-15,22,27,37H,1-2,8-9,33-34H2,(H,35,36)/b25-15-. The van der Waals surface area contributed by atoms with Crippen molar-refractivity contribution in [3.63, 3.8) is 0 Å². The van der Waals surface area contributed by atoms with Gasteiger partial charge < -0.3 is 21.4 Å². The van der Waals surface area contributed by atoms with Crippen LogP contribution in [0.5, 0.6) is 0 Å². The van der Waals surface area contributed by atoms with Crippen LogP contribution in [0.1, 0.15) is 42.9 Å². The minimum atomic E-state index is -0.528. The molecule has 1 aromatic heterocycles. The van der Waals surface area contributed by atoms with Crippen molar-refractivity contribution in [2.24, 2.45) is 11.6 Å². The summed E-state index contributed by atoms with van der Waals surface area (Å²) >= 11 is 12.9. The second kappa shape index (κ2) is 10.9. The van der Waals surface area contributed by atoms with E-state index in [9.17, 15) is 9.65 Å². The smallest absolute Gasteiger partial charge is 0.123 e. The van der Waals surface area contributed by atoms with Crippen molar-refractivity contribution in [2.45, 2.75) is 37.8 Å². The molecule has 0 amide bonds. The average molecular weight is 550 g/mol. The fraction of sp³-hybridized carbons (Fsp3) is 0.214. The van der Waals surface area contributed by atoms with Crippen LogP contribution in [-0.2, 0) is 0 Å². The summed E-state index contributed by atoms with van der Waals surface area (Å²) < 4.78 is 13.7. The predicted octanol–water partition coefficient (Wildman–Crippen LogP) is 6.40. The van der Waals surface area contributed by atoms with E-state index in [-0.39, 0.29) is 11.9 Å². The number of rotatable bonds is 8. The molecule has 5 rings (SSSR count). The van der Waals surface area contributed by atoms with Gasteiger partial charge in [0, 0.05) is 40.2 Å². The molecule has 0 radical (unpaired) electrons. The van der Waals surface area contributed by atoms with Crippen LogP contribution in [0.4, 0.5) is 15.8 Å². The van der Waals surface area contributed by atoms with Gasteiger partial charge in [0.25, 0.3) is 0 Å². The average Bonchev–Trinajstić information content (AvgIpc) is 3.74. The molecule has 10 heteroatoms. The summed E-state index contributed by atoms with van der Waals surface area (Å²) in [6, 6.07) is 11.6. The number of nitrogens with two attached hydrogens (primary N) is 2. The molecule has 1 atom stereocenters. The number of nitrogens with zero attached hydrogens (tertiary/aromatic N) is 3. The van der Waals surface area contributed by atoms with Crippen molar-refractivity contribution in [2.75, 3.05) is 10.6 Å². The number of pyridine rings is 1. The molecule has 1 saturated carbocycles. The molecule has 194 valence electrons. The van der Waals surface area contributed by atoms with Crippen molar-refractivity contribution in [3.8, 4) is 6.07 Å². The number of hydrogen-bond donors (Lipinski definition) is 4. The maximum atomic E-state index is 13.7. The minimum absolute atomic E-state index is 0.262. The van der Waals surface area contributed by atoms with Crippen LogP contribution in [0.15, 0.2) is 77.4 Å². The first-order valence-corrected chi connectivity index (χ1v) is 13.0.